The number of rotatable bonds is 4. The molecule has 0 aromatic carbocycles. The van der Waals surface area contributed by atoms with Crippen LogP contribution in [0.3, 0.4) is 0 Å². The monoisotopic (exact) mass is 339 g/mol. The van der Waals surface area contributed by atoms with Crippen LogP contribution in [-0.2, 0) is 14.8 Å². The standard InChI is InChI=1S/C10H14BrNO3S2/c1-12(7-8-3-2-5-15-8)17(13,14)10-9(11)4-6-16-10/h4,6,8H,2-3,5,7H2,1H3. The molecule has 2 heterocycles. The zero-order valence-corrected chi connectivity index (χ0v) is 12.6. The van der Waals surface area contributed by atoms with E-state index in [9.17, 15) is 8.42 Å². The van der Waals surface area contributed by atoms with E-state index in [0.29, 0.717) is 15.2 Å². The molecule has 0 aliphatic carbocycles. The lowest BCUT2D eigenvalue weighted by atomic mass is 10.2. The fourth-order valence-corrected chi connectivity index (χ4v) is 5.48. The van der Waals surface area contributed by atoms with Crippen LogP contribution >= 0.6 is 27.3 Å². The first-order chi connectivity index (χ1) is 8.01. The van der Waals surface area contributed by atoms with Crippen molar-refractivity contribution >= 4 is 37.3 Å². The summed E-state index contributed by atoms with van der Waals surface area (Å²) in [5, 5.41) is 1.76. The van der Waals surface area contributed by atoms with Gasteiger partial charge in [0, 0.05) is 24.7 Å². The molecule has 1 fully saturated rings. The summed E-state index contributed by atoms with van der Waals surface area (Å²) in [6, 6.07) is 1.75. The van der Waals surface area contributed by atoms with Gasteiger partial charge in [-0.2, -0.15) is 4.31 Å². The Hall–Kier alpha value is 0.0500. The number of likely N-dealkylation sites (N-methyl/N-ethyl adjacent to an activating group) is 1. The number of thiophene rings is 1. The molecule has 0 spiro atoms. The van der Waals surface area contributed by atoms with E-state index < -0.39 is 10.0 Å². The summed E-state index contributed by atoms with van der Waals surface area (Å²) < 4.78 is 32.3. The second-order valence-electron chi connectivity index (χ2n) is 3.98. The van der Waals surface area contributed by atoms with Crippen LogP contribution in [0.25, 0.3) is 0 Å². The minimum Gasteiger partial charge on any atom is -0.377 e. The summed E-state index contributed by atoms with van der Waals surface area (Å²) in [7, 11) is -1.79. The van der Waals surface area contributed by atoms with E-state index >= 15 is 0 Å². The zero-order valence-electron chi connectivity index (χ0n) is 9.43. The fourth-order valence-electron chi connectivity index (χ4n) is 1.78. The maximum absolute atomic E-state index is 12.3. The second-order valence-corrected chi connectivity index (χ2v) is 7.99. The van der Waals surface area contributed by atoms with Gasteiger partial charge in [0.05, 0.1) is 6.10 Å². The Bertz CT molecular complexity index is 479. The predicted molar refractivity (Wildman–Crippen MR) is 70.8 cm³/mol. The van der Waals surface area contributed by atoms with E-state index in [4.69, 9.17) is 4.74 Å². The molecule has 0 amide bonds. The van der Waals surface area contributed by atoms with Crippen molar-refractivity contribution in [2.45, 2.75) is 23.2 Å². The summed E-state index contributed by atoms with van der Waals surface area (Å²) in [4.78, 5) is 0. The maximum atomic E-state index is 12.3. The Kier molecular flexibility index (Phi) is 4.25. The van der Waals surface area contributed by atoms with Crippen LogP contribution < -0.4 is 0 Å². The molecule has 1 saturated heterocycles. The van der Waals surface area contributed by atoms with Crippen LogP contribution in [0.5, 0.6) is 0 Å². The molecule has 1 unspecified atom stereocenters. The van der Waals surface area contributed by atoms with E-state index in [0.717, 1.165) is 19.4 Å². The van der Waals surface area contributed by atoms with Gasteiger partial charge in [-0.1, -0.05) is 0 Å². The van der Waals surface area contributed by atoms with Gasteiger partial charge in [0.1, 0.15) is 4.21 Å². The molecular formula is C10H14BrNO3S2. The van der Waals surface area contributed by atoms with Crippen molar-refractivity contribution in [3.63, 3.8) is 0 Å². The summed E-state index contributed by atoms with van der Waals surface area (Å²) in [5.41, 5.74) is 0. The highest BCUT2D eigenvalue weighted by Gasteiger charge is 2.28. The third-order valence-electron chi connectivity index (χ3n) is 2.71. The first-order valence-corrected chi connectivity index (χ1v) is 8.44. The Labute approximate surface area is 114 Å². The van der Waals surface area contributed by atoms with Crippen molar-refractivity contribution in [3.05, 3.63) is 15.9 Å². The highest BCUT2D eigenvalue weighted by Crippen LogP contribution is 2.30. The molecule has 1 aromatic rings. The number of halogens is 1. The Morgan fingerprint density at radius 1 is 1.65 bits per heavy atom. The number of hydrogen-bond donors (Lipinski definition) is 0. The van der Waals surface area contributed by atoms with Crippen molar-refractivity contribution in [3.8, 4) is 0 Å². The van der Waals surface area contributed by atoms with Crippen LogP contribution in [-0.4, -0.2) is 39.0 Å². The van der Waals surface area contributed by atoms with Gasteiger partial charge in [0.15, 0.2) is 0 Å². The van der Waals surface area contributed by atoms with Crippen LogP contribution in [0.1, 0.15) is 12.8 Å². The Morgan fingerprint density at radius 3 is 2.94 bits per heavy atom. The van der Waals surface area contributed by atoms with Gasteiger partial charge < -0.3 is 4.74 Å². The molecule has 0 bridgehead atoms. The Balaban J connectivity index is 2.12. The molecule has 96 valence electrons. The van der Waals surface area contributed by atoms with Crippen molar-refractivity contribution < 1.29 is 13.2 Å². The van der Waals surface area contributed by atoms with E-state index in [1.165, 1.54) is 15.6 Å². The van der Waals surface area contributed by atoms with Crippen molar-refractivity contribution in [2.24, 2.45) is 0 Å². The third-order valence-corrected chi connectivity index (χ3v) is 7.18. The van der Waals surface area contributed by atoms with Crippen molar-refractivity contribution in [1.82, 2.24) is 4.31 Å². The summed E-state index contributed by atoms with van der Waals surface area (Å²) in [6.07, 6.45) is 1.99. The lowest BCUT2D eigenvalue weighted by molar-refractivity contribution is 0.0979. The van der Waals surface area contributed by atoms with Gasteiger partial charge in [0.2, 0.25) is 0 Å². The average molecular weight is 340 g/mol. The first kappa shape index (κ1) is 13.5. The highest BCUT2D eigenvalue weighted by molar-refractivity contribution is 9.10. The normalized spacial score (nSPS) is 21.2. The molecule has 1 aliphatic rings. The molecule has 1 aliphatic heterocycles. The van der Waals surface area contributed by atoms with E-state index in [1.807, 2.05) is 0 Å². The van der Waals surface area contributed by atoms with Crippen LogP contribution in [0.4, 0.5) is 0 Å². The molecule has 0 N–H and O–H groups in total. The van der Waals surface area contributed by atoms with Crippen LogP contribution in [0.2, 0.25) is 0 Å². The zero-order chi connectivity index (χ0) is 12.5. The van der Waals surface area contributed by atoms with Gasteiger partial charge in [-0.3, -0.25) is 0 Å². The molecule has 17 heavy (non-hydrogen) atoms. The molecule has 0 radical (unpaired) electrons. The minimum absolute atomic E-state index is 0.0357. The number of ether oxygens (including phenoxy) is 1. The maximum Gasteiger partial charge on any atom is 0.253 e. The molecule has 7 heteroatoms. The summed E-state index contributed by atoms with van der Waals surface area (Å²) in [6.45, 7) is 1.16. The van der Waals surface area contributed by atoms with E-state index in [-0.39, 0.29) is 6.10 Å². The third kappa shape index (κ3) is 2.90. The van der Waals surface area contributed by atoms with Gasteiger partial charge in [0.25, 0.3) is 10.0 Å². The van der Waals surface area contributed by atoms with Crippen LogP contribution in [0.15, 0.2) is 20.1 Å². The van der Waals surface area contributed by atoms with Gasteiger partial charge in [-0.05, 0) is 40.2 Å². The van der Waals surface area contributed by atoms with E-state index in [2.05, 4.69) is 15.9 Å². The Morgan fingerprint density at radius 2 is 2.41 bits per heavy atom. The largest absolute Gasteiger partial charge is 0.377 e. The molecule has 0 saturated carbocycles. The average Bonchev–Trinajstić information content (AvgIpc) is 2.89. The van der Waals surface area contributed by atoms with Gasteiger partial charge in [-0.15, -0.1) is 11.3 Å². The molecule has 2 rings (SSSR count). The summed E-state index contributed by atoms with van der Waals surface area (Å²) >= 11 is 4.48. The number of hydrogen-bond acceptors (Lipinski definition) is 4. The van der Waals surface area contributed by atoms with Crippen molar-refractivity contribution in [1.29, 1.82) is 0 Å². The van der Waals surface area contributed by atoms with Gasteiger partial charge in [-0.25, -0.2) is 8.42 Å². The highest BCUT2D eigenvalue weighted by atomic mass is 79.9. The summed E-state index contributed by atoms with van der Waals surface area (Å²) in [5.74, 6) is 0. The fraction of sp³-hybridized carbons (Fsp3) is 0.600. The minimum atomic E-state index is -3.39. The second kappa shape index (κ2) is 5.36. The molecule has 1 atom stereocenters. The molecular weight excluding hydrogens is 326 g/mol. The molecule has 4 nitrogen and oxygen atoms in total. The lowest BCUT2D eigenvalue weighted by Crippen LogP contribution is -2.33. The topological polar surface area (TPSA) is 46.6 Å². The quantitative estimate of drug-likeness (QED) is 0.845. The number of nitrogens with zero attached hydrogens (tertiary/aromatic N) is 1. The first-order valence-electron chi connectivity index (χ1n) is 5.33. The van der Waals surface area contributed by atoms with Crippen molar-refractivity contribution in [2.75, 3.05) is 20.2 Å². The molecule has 1 aromatic heterocycles. The van der Waals surface area contributed by atoms with E-state index in [1.54, 1.807) is 18.5 Å². The van der Waals surface area contributed by atoms with Gasteiger partial charge >= 0.3 is 0 Å². The SMILES string of the molecule is CN(CC1CCCO1)S(=O)(=O)c1sccc1Br. The smallest absolute Gasteiger partial charge is 0.253 e. The number of sulfonamides is 1. The van der Waals surface area contributed by atoms with Crippen LogP contribution in [0, 0.1) is 0 Å². The lowest BCUT2D eigenvalue weighted by Gasteiger charge is -2.19. The predicted octanol–water partition coefficient (Wildman–Crippen LogP) is 2.31.